The first-order chi connectivity index (χ1) is 7.54. The molecule has 0 aliphatic carbocycles. The zero-order valence-corrected chi connectivity index (χ0v) is 10.3. The Morgan fingerprint density at radius 2 is 2.19 bits per heavy atom. The standard InChI is InChI=1S/C11H13N3OS/c1-4-8-5-14-7(3)6(2)9(15)12-11(14)13-10(8)16/h5H,4H2,1-3H3,(H,12,13,15,16). The summed E-state index contributed by atoms with van der Waals surface area (Å²) in [4.78, 5) is 18.5. The summed E-state index contributed by atoms with van der Waals surface area (Å²) in [5.41, 5.74) is 2.51. The fraction of sp³-hybridized carbons (Fsp3) is 0.364. The average molecular weight is 235 g/mol. The molecule has 2 aromatic heterocycles. The molecule has 0 fully saturated rings. The summed E-state index contributed by atoms with van der Waals surface area (Å²) in [6, 6.07) is 0. The van der Waals surface area contributed by atoms with Crippen molar-refractivity contribution in [1.29, 1.82) is 0 Å². The molecule has 16 heavy (non-hydrogen) atoms. The highest BCUT2D eigenvalue weighted by molar-refractivity contribution is 7.71. The SMILES string of the molecule is CCc1cn2c(C)c(C)c(=O)[nH]c2nc1=S. The van der Waals surface area contributed by atoms with Crippen LogP contribution in [0.1, 0.15) is 23.7 Å². The molecule has 5 heteroatoms. The van der Waals surface area contributed by atoms with Crippen molar-refractivity contribution in [2.75, 3.05) is 0 Å². The zero-order valence-electron chi connectivity index (χ0n) is 9.50. The van der Waals surface area contributed by atoms with E-state index in [1.807, 2.05) is 24.4 Å². The molecule has 0 aliphatic rings. The molecule has 0 unspecified atom stereocenters. The smallest absolute Gasteiger partial charge is 0.255 e. The van der Waals surface area contributed by atoms with Gasteiger partial charge in [-0.3, -0.25) is 14.2 Å². The molecule has 2 rings (SSSR count). The molecule has 0 bridgehead atoms. The fourth-order valence-electron chi connectivity index (χ4n) is 1.62. The van der Waals surface area contributed by atoms with Crippen molar-refractivity contribution in [1.82, 2.24) is 14.4 Å². The van der Waals surface area contributed by atoms with Crippen LogP contribution in [0, 0.1) is 18.5 Å². The summed E-state index contributed by atoms with van der Waals surface area (Å²) >= 11 is 5.15. The Morgan fingerprint density at radius 1 is 1.50 bits per heavy atom. The van der Waals surface area contributed by atoms with Crippen LogP contribution in [0.25, 0.3) is 5.78 Å². The highest BCUT2D eigenvalue weighted by Crippen LogP contribution is 2.08. The second-order valence-corrected chi connectivity index (χ2v) is 4.17. The zero-order chi connectivity index (χ0) is 11.9. The summed E-state index contributed by atoms with van der Waals surface area (Å²) in [7, 11) is 0. The third-order valence-corrected chi connectivity index (χ3v) is 3.20. The minimum atomic E-state index is -0.108. The maximum atomic E-state index is 11.6. The number of aromatic nitrogens is 3. The lowest BCUT2D eigenvalue weighted by molar-refractivity contribution is 0.913. The van der Waals surface area contributed by atoms with Gasteiger partial charge < -0.3 is 0 Å². The van der Waals surface area contributed by atoms with Gasteiger partial charge in [0.25, 0.3) is 5.56 Å². The van der Waals surface area contributed by atoms with Gasteiger partial charge >= 0.3 is 0 Å². The summed E-state index contributed by atoms with van der Waals surface area (Å²) < 4.78 is 2.44. The lowest BCUT2D eigenvalue weighted by Gasteiger charge is -2.08. The van der Waals surface area contributed by atoms with Crippen LogP contribution < -0.4 is 5.56 Å². The minimum Gasteiger partial charge on any atom is -0.292 e. The van der Waals surface area contributed by atoms with Gasteiger partial charge in [0, 0.05) is 23.0 Å². The Hall–Kier alpha value is -1.49. The van der Waals surface area contributed by atoms with Crippen molar-refractivity contribution in [2.45, 2.75) is 27.2 Å². The summed E-state index contributed by atoms with van der Waals surface area (Å²) in [6.07, 6.45) is 2.79. The summed E-state index contributed by atoms with van der Waals surface area (Å²) in [5.74, 6) is 0.510. The lowest BCUT2D eigenvalue weighted by atomic mass is 10.2. The fourth-order valence-corrected chi connectivity index (χ4v) is 1.90. The van der Waals surface area contributed by atoms with Crippen molar-refractivity contribution >= 4 is 18.0 Å². The molecule has 84 valence electrons. The van der Waals surface area contributed by atoms with Gasteiger partial charge in [0.1, 0.15) is 4.64 Å². The number of H-pyrrole nitrogens is 1. The number of hydrogen-bond donors (Lipinski definition) is 1. The molecule has 0 saturated carbocycles. The van der Waals surface area contributed by atoms with E-state index in [2.05, 4.69) is 9.97 Å². The van der Waals surface area contributed by atoms with Crippen molar-refractivity contribution < 1.29 is 0 Å². The number of aromatic amines is 1. The third-order valence-electron chi connectivity index (χ3n) is 2.85. The molecule has 0 spiro atoms. The van der Waals surface area contributed by atoms with Gasteiger partial charge in [0.2, 0.25) is 5.78 Å². The average Bonchev–Trinajstić information content (AvgIpc) is 2.26. The first-order valence-corrected chi connectivity index (χ1v) is 5.57. The van der Waals surface area contributed by atoms with Gasteiger partial charge in [-0.2, -0.15) is 0 Å². The molecule has 0 amide bonds. The molecule has 2 heterocycles. The van der Waals surface area contributed by atoms with Crippen molar-refractivity contribution in [2.24, 2.45) is 0 Å². The maximum absolute atomic E-state index is 11.6. The van der Waals surface area contributed by atoms with E-state index in [0.29, 0.717) is 16.0 Å². The molecule has 0 aromatic carbocycles. The maximum Gasteiger partial charge on any atom is 0.255 e. The van der Waals surface area contributed by atoms with Crippen molar-refractivity contribution in [3.05, 3.63) is 38.0 Å². The number of hydrogen-bond acceptors (Lipinski definition) is 3. The van der Waals surface area contributed by atoms with E-state index in [-0.39, 0.29) is 5.56 Å². The molecule has 0 aliphatic heterocycles. The topological polar surface area (TPSA) is 50.2 Å². The Balaban J connectivity index is 2.98. The Kier molecular flexibility index (Phi) is 2.63. The number of fused-ring (bicyclic) bond motifs is 1. The highest BCUT2D eigenvalue weighted by atomic mass is 32.1. The first kappa shape index (κ1) is 11.0. The second kappa shape index (κ2) is 3.83. The number of rotatable bonds is 1. The monoisotopic (exact) mass is 235 g/mol. The van der Waals surface area contributed by atoms with Gasteiger partial charge in [0.15, 0.2) is 0 Å². The molecule has 1 N–H and O–H groups in total. The summed E-state index contributed by atoms with van der Waals surface area (Å²) in [6.45, 7) is 5.74. The molecular weight excluding hydrogens is 222 g/mol. The van der Waals surface area contributed by atoms with E-state index in [1.165, 1.54) is 0 Å². The largest absolute Gasteiger partial charge is 0.292 e. The Morgan fingerprint density at radius 3 is 2.81 bits per heavy atom. The van der Waals surface area contributed by atoms with Gasteiger partial charge in [0.05, 0.1) is 0 Å². The molecule has 4 nitrogen and oxygen atoms in total. The van der Waals surface area contributed by atoms with E-state index in [1.54, 1.807) is 6.92 Å². The van der Waals surface area contributed by atoms with Gasteiger partial charge in [-0.1, -0.05) is 19.1 Å². The van der Waals surface area contributed by atoms with Gasteiger partial charge in [-0.05, 0) is 20.3 Å². The van der Waals surface area contributed by atoms with Crippen LogP contribution >= 0.6 is 12.2 Å². The first-order valence-electron chi connectivity index (χ1n) is 5.16. The van der Waals surface area contributed by atoms with Crippen LogP contribution in [0.5, 0.6) is 0 Å². The van der Waals surface area contributed by atoms with Crippen LogP contribution in [-0.2, 0) is 6.42 Å². The van der Waals surface area contributed by atoms with Crippen molar-refractivity contribution in [3.63, 3.8) is 0 Å². The predicted octanol–water partition coefficient (Wildman–Crippen LogP) is 1.93. The molecule has 0 radical (unpaired) electrons. The third kappa shape index (κ3) is 1.57. The Labute approximate surface area is 98.0 Å². The quantitative estimate of drug-likeness (QED) is 0.768. The van der Waals surface area contributed by atoms with Gasteiger partial charge in [-0.15, -0.1) is 0 Å². The molecule has 0 saturated heterocycles. The Bertz CT molecular complexity index is 669. The van der Waals surface area contributed by atoms with E-state index in [4.69, 9.17) is 12.2 Å². The van der Waals surface area contributed by atoms with Crippen LogP contribution in [0.15, 0.2) is 11.0 Å². The van der Waals surface area contributed by atoms with E-state index >= 15 is 0 Å². The normalized spacial score (nSPS) is 10.9. The molecule has 0 atom stereocenters. The predicted molar refractivity (Wildman–Crippen MR) is 65.5 cm³/mol. The highest BCUT2D eigenvalue weighted by Gasteiger charge is 2.06. The van der Waals surface area contributed by atoms with E-state index < -0.39 is 0 Å². The van der Waals surface area contributed by atoms with Crippen LogP contribution in [0.4, 0.5) is 0 Å². The van der Waals surface area contributed by atoms with Crippen LogP contribution in [0.3, 0.4) is 0 Å². The number of nitrogens with zero attached hydrogens (tertiary/aromatic N) is 2. The lowest BCUT2D eigenvalue weighted by Crippen LogP contribution is -2.17. The van der Waals surface area contributed by atoms with Crippen LogP contribution in [0.2, 0.25) is 0 Å². The molecular formula is C11H13N3OS. The molecule has 2 aromatic rings. The van der Waals surface area contributed by atoms with Crippen molar-refractivity contribution in [3.8, 4) is 0 Å². The summed E-state index contributed by atoms with van der Waals surface area (Å²) in [5, 5.41) is 0. The van der Waals surface area contributed by atoms with E-state index in [0.717, 1.165) is 17.7 Å². The van der Waals surface area contributed by atoms with Crippen LogP contribution in [-0.4, -0.2) is 14.4 Å². The van der Waals surface area contributed by atoms with Gasteiger partial charge in [-0.25, -0.2) is 4.98 Å². The minimum absolute atomic E-state index is 0.108. The number of nitrogens with one attached hydrogen (secondary N) is 1. The second-order valence-electron chi connectivity index (χ2n) is 3.78. The van der Waals surface area contributed by atoms with E-state index in [9.17, 15) is 4.79 Å². The number of aryl methyl sites for hydroxylation is 2.